The summed E-state index contributed by atoms with van der Waals surface area (Å²) in [5.74, 6) is -0.755. The zero-order valence-electron chi connectivity index (χ0n) is 10.9. The van der Waals surface area contributed by atoms with Crippen LogP contribution in [0.2, 0.25) is 0 Å². The molecule has 5 heteroatoms. The first-order chi connectivity index (χ1) is 9.77. The summed E-state index contributed by atoms with van der Waals surface area (Å²) in [6.45, 7) is 1.18. The van der Waals surface area contributed by atoms with E-state index in [0.717, 1.165) is 5.56 Å². The molecule has 20 heavy (non-hydrogen) atoms. The molecule has 2 rings (SSSR count). The van der Waals surface area contributed by atoms with Crippen molar-refractivity contribution >= 4 is 5.97 Å². The van der Waals surface area contributed by atoms with Gasteiger partial charge in [-0.2, -0.15) is 0 Å². The number of hydrogen-bond donors (Lipinski definition) is 1. The molecule has 0 radical (unpaired) electrons. The first-order valence-corrected chi connectivity index (χ1v) is 6.19. The molecule has 0 saturated carbocycles. The van der Waals surface area contributed by atoms with E-state index in [1.807, 2.05) is 30.3 Å². The van der Waals surface area contributed by atoms with E-state index in [-0.39, 0.29) is 12.2 Å². The minimum atomic E-state index is -1.06. The molecule has 104 valence electrons. The van der Waals surface area contributed by atoms with Crippen LogP contribution in [-0.4, -0.2) is 29.3 Å². The van der Waals surface area contributed by atoms with Crippen LogP contribution in [0.25, 0.3) is 0 Å². The largest absolute Gasteiger partial charge is 0.490 e. The fourth-order valence-corrected chi connectivity index (χ4v) is 1.64. The van der Waals surface area contributed by atoms with Crippen molar-refractivity contribution in [2.24, 2.45) is 0 Å². The fraction of sp³-hybridized carbons (Fsp3) is 0.200. The zero-order chi connectivity index (χ0) is 14.2. The van der Waals surface area contributed by atoms with E-state index in [2.05, 4.69) is 4.98 Å². The average molecular weight is 273 g/mol. The number of hydrogen-bond acceptors (Lipinski definition) is 4. The number of aromatic carboxylic acids is 1. The molecule has 2 aromatic rings. The van der Waals surface area contributed by atoms with Gasteiger partial charge in [0.15, 0.2) is 0 Å². The Morgan fingerprint density at radius 3 is 2.70 bits per heavy atom. The van der Waals surface area contributed by atoms with Gasteiger partial charge < -0.3 is 14.6 Å². The van der Waals surface area contributed by atoms with E-state index in [1.165, 1.54) is 18.5 Å². The summed E-state index contributed by atoms with van der Waals surface area (Å²) in [4.78, 5) is 14.7. The maximum atomic E-state index is 10.9. The van der Waals surface area contributed by atoms with Crippen LogP contribution in [0.15, 0.2) is 48.8 Å². The molecule has 0 atom stereocenters. The Bertz CT molecular complexity index is 557. The highest BCUT2D eigenvalue weighted by atomic mass is 16.5. The quantitative estimate of drug-likeness (QED) is 0.784. The molecule has 1 heterocycles. The Labute approximate surface area is 116 Å². The minimum Gasteiger partial charge on any atom is -0.490 e. The van der Waals surface area contributed by atoms with Gasteiger partial charge in [-0.3, -0.25) is 4.98 Å². The standard InChI is InChI=1S/C15H15NO4/c17-15(18)13-10-16-7-6-14(13)20-9-8-19-11-12-4-2-1-3-5-12/h1-7,10H,8-9,11H2,(H,17,18). The van der Waals surface area contributed by atoms with Crippen LogP contribution in [0.5, 0.6) is 5.75 Å². The first-order valence-electron chi connectivity index (χ1n) is 6.19. The van der Waals surface area contributed by atoms with E-state index < -0.39 is 5.97 Å². The van der Waals surface area contributed by atoms with Gasteiger partial charge in [-0.1, -0.05) is 30.3 Å². The van der Waals surface area contributed by atoms with Crippen LogP contribution < -0.4 is 4.74 Å². The van der Waals surface area contributed by atoms with Crippen LogP contribution in [0, 0.1) is 0 Å². The molecule has 0 aliphatic carbocycles. The van der Waals surface area contributed by atoms with Gasteiger partial charge in [-0.15, -0.1) is 0 Å². The summed E-state index contributed by atoms with van der Waals surface area (Å²) in [6, 6.07) is 11.3. The van der Waals surface area contributed by atoms with Crippen LogP contribution in [0.1, 0.15) is 15.9 Å². The number of nitrogens with zero attached hydrogens (tertiary/aromatic N) is 1. The molecule has 0 aliphatic heterocycles. The number of carboxylic acid groups (broad SMARTS) is 1. The number of rotatable bonds is 7. The number of carboxylic acids is 1. The van der Waals surface area contributed by atoms with Crippen molar-refractivity contribution in [3.05, 3.63) is 59.9 Å². The maximum Gasteiger partial charge on any atom is 0.341 e. The molecule has 1 N–H and O–H groups in total. The second-order valence-electron chi connectivity index (χ2n) is 4.06. The van der Waals surface area contributed by atoms with E-state index >= 15 is 0 Å². The number of ether oxygens (including phenoxy) is 2. The van der Waals surface area contributed by atoms with Crippen LogP contribution >= 0.6 is 0 Å². The fourth-order valence-electron chi connectivity index (χ4n) is 1.64. The summed E-state index contributed by atoms with van der Waals surface area (Å²) in [5, 5.41) is 8.97. The van der Waals surface area contributed by atoms with E-state index in [1.54, 1.807) is 0 Å². The molecule has 0 fully saturated rings. The number of pyridine rings is 1. The Hall–Kier alpha value is -2.40. The minimum absolute atomic E-state index is 0.0514. The van der Waals surface area contributed by atoms with Crippen molar-refractivity contribution in [2.45, 2.75) is 6.61 Å². The highest BCUT2D eigenvalue weighted by Crippen LogP contribution is 2.16. The molecular formula is C15H15NO4. The SMILES string of the molecule is O=C(O)c1cnccc1OCCOCc1ccccc1. The lowest BCUT2D eigenvalue weighted by molar-refractivity contribution is 0.0681. The van der Waals surface area contributed by atoms with Gasteiger partial charge in [-0.05, 0) is 11.6 Å². The van der Waals surface area contributed by atoms with E-state index in [4.69, 9.17) is 14.6 Å². The van der Waals surface area contributed by atoms with E-state index in [9.17, 15) is 4.79 Å². The maximum absolute atomic E-state index is 10.9. The number of carbonyl (C=O) groups is 1. The summed E-state index contributed by atoms with van der Waals surface area (Å²) in [6.07, 6.45) is 2.76. The molecule has 1 aromatic heterocycles. The average Bonchev–Trinajstić information content (AvgIpc) is 2.48. The summed E-state index contributed by atoms with van der Waals surface area (Å²) in [7, 11) is 0. The molecule has 5 nitrogen and oxygen atoms in total. The Morgan fingerprint density at radius 1 is 1.15 bits per heavy atom. The van der Waals surface area contributed by atoms with Crippen LogP contribution in [0.3, 0.4) is 0 Å². The Morgan fingerprint density at radius 2 is 1.95 bits per heavy atom. The third-order valence-corrected chi connectivity index (χ3v) is 2.61. The highest BCUT2D eigenvalue weighted by Gasteiger charge is 2.10. The van der Waals surface area contributed by atoms with Crippen molar-refractivity contribution in [1.29, 1.82) is 0 Å². The molecule has 0 amide bonds. The molecular weight excluding hydrogens is 258 g/mol. The molecule has 0 saturated heterocycles. The summed E-state index contributed by atoms with van der Waals surface area (Å²) in [5.41, 5.74) is 1.14. The lowest BCUT2D eigenvalue weighted by atomic mass is 10.2. The molecule has 0 spiro atoms. The Kier molecular flexibility index (Phi) is 5.08. The van der Waals surface area contributed by atoms with Gasteiger partial charge in [0.2, 0.25) is 0 Å². The third kappa shape index (κ3) is 4.07. The zero-order valence-corrected chi connectivity index (χ0v) is 10.9. The summed E-state index contributed by atoms with van der Waals surface area (Å²) >= 11 is 0. The second-order valence-corrected chi connectivity index (χ2v) is 4.06. The van der Waals surface area contributed by atoms with Gasteiger partial charge in [0.25, 0.3) is 0 Å². The highest BCUT2D eigenvalue weighted by molar-refractivity contribution is 5.90. The number of benzene rings is 1. The van der Waals surface area contributed by atoms with Crippen molar-refractivity contribution in [1.82, 2.24) is 4.98 Å². The van der Waals surface area contributed by atoms with E-state index in [0.29, 0.717) is 19.0 Å². The predicted molar refractivity (Wildman–Crippen MR) is 72.8 cm³/mol. The number of aromatic nitrogens is 1. The molecule has 0 bridgehead atoms. The predicted octanol–water partition coefficient (Wildman–Crippen LogP) is 2.38. The van der Waals surface area contributed by atoms with Gasteiger partial charge in [0.1, 0.15) is 17.9 Å². The van der Waals surface area contributed by atoms with Crippen molar-refractivity contribution < 1.29 is 19.4 Å². The topological polar surface area (TPSA) is 68.7 Å². The molecule has 0 unspecified atom stereocenters. The van der Waals surface area contributed by atoms with Gasteiger partial charge in [0.05, 0.1) is 13.2 Å². The molecule has 0 aliphatic rings. The lowest BCUT2D eigenvalue weighted by Gasteiger charge is -2.09. The van der Waals surface area contributed by atoms with Crippen LogP contribution in [0.4, 0.5) is 0 Å². The smallest absolute Gasteiger partial charge is 0.341 e. The van der Waals surface area contributed by atoms with Crippen molar-refractivity contribution in [2.75, 3.05) is 13.2 Å². The third-order valence-electron chi connectivity index (χ3n) is 2.61. The van der Waals surface area contributed by atoms with Crippen molar-refractivity contribution in [3.63, 3.8) is 0 Å². The van der Waals surface area contributed by atoms with Gasteiger partial charge >= 0.3 is 5.97 Å². The summed E-state index contributed by atoms with van der Waals surface area (Å²) < 4.78 is 10.8. The first kappa shape index (κ1) is 14.0. The second kappa shape index (κ2) is 7.25. The van der Waals surface area contributed by atoms with Crippen LogP contribution in [-0.2, 0) is 11.3 Å². The Balaban J connectivity index is 1.75. The lowest BCUT2D eigenvalue weighted by Crippen LogP contribution is -2.09. The molecule has 1 aromatic carbocycles. The van der Waals surface area contributed by atoms with Gasteiger partial charge in [0, 0.05) is 12.4 Å². The monoisotopic (exact) mass is 273 g/mol. The normalized spacial score (nSPS) is 10.2. The van der Waals surface area contributed by atoms with Crippen molar-refractivity contribution in [3.8, 4) is 5.75 Å². The van der Waals surface area contributed by atoms with Gasteiger partial charge in [-0.25, -0.2) is 4.79 Å².